The Morgan fingerprint density at radius 2 is 1.85 bits per heavy atom. The molecule has 5 heteroatoms. The number of thioether (sulfide) groups is 1. The van der Waals surface area contributed by atoms with E-state index in [0.717, 1.165) is 17.1 Å². The molecule has 0 spiro atoms. The Morgan fingerprint density at radius 3 is 2.60 bits per heavy atom. The monoisotopic (exact) mass is 288 g/mol. The van der Waals surface area contributed by atoms with Crippen molar-refractivity contribution in [2.75, 3.05) is 30.5 Å². The minimum Gasteiger partial charge on any atom is -0.486 e. The number of rotatable bonds is 3. The van der Waals surface area contributed by atoms with Gasteiger partial charge in [0.2, 0.25) is 0 Å². The number of nitrogens with two attached hydrogens (primary N) is 1. The van der Waals surface area contributed by atoms with Gasteiger partial charge in [0, 0.05) is 22.7 Å². The lowest BCUT2D eigenvalue weighted by Gasteiger charge is -2.20. The molecule has 0 unspecified atom stereocenters. The van der Waals surface area contributed by atoms with Crippen LogP contribution < -0.4 is 20.5 Å². The van der Waals surface area contributed by atoms with Gasteiger partial charge in [-0.15, -0.1) is 11.8 Å². The van der Waals surface area contributed by atoms with Crippen molar-refractivity contribution < 1.29 is 9.47 Å². The Morgan fingerprint density at radius 1 is 1.10 bits per heavy atom. The van der Waals surface area contributed by atoms with E-state index in [1.165, 1.54) is 4.90 Å². The van der Waals surface area contributed by atoms with Crippen LogP contribution in [0.15, 0.2) is 41.3 Å². The second kappa shape index (κ2) is 5.54. The van der Waals surface area contributed by atoms with E-state index in [1.54, 1.807) is 17.8 Å². The van der Waals surface area contributed by atoms with Gasteiger partial charge < -0.3 is 20.5 Å². The van der Waals surface area contributed by atoms with Gasteiger partial charge >= 0.3 is 0 Å². The predicted molar refractivity (Wildman–Crippen MR) is 83.4 cm³/mol. The molecular weight excluding hydrogens is 272 g/mol. The average Bonchev–Trinajstić information content (AvgIpc) is 2.48. The van der Waals surface area contributed by atoms with E-state index in [9.17, 15) is 0 Å². The highest BCUT2D eigenvalue weighted by Crippen LogP contribution is 2.38. The lowest BCUT2D eigenvalue weighted by Crippen LogP contribution is -2.15. The van der Waals surface area contributed by atoms with Crippen LogP contribution in [0.3, 0.4) is 0 Å². The maximum atomic E-state index is 6.06. The minimum absolute atomic E-state index is 0.564. The Balaban J connectivity index is 1.90. The first-order valence-corrected chi connectivity index (χ1v) is 7.59. The summed E-state index contributed by atoms with van der Waals surface area (Å²) in [5, 5.41) is 3.32. The number of fused-ring (bicyclic) bond motifs is 1. The molecule has 0 saturated heterocycles. The van der Waals surface area contributed by atoms with E-state index < -0.39 is 0 Å². The number of nitrogens with one attached hydrogen (secondary N) is 1. The lowest BCUT2D eigenvalue weighted by atomic mass is 10.2. The van der Waals surface area contributed by atoms with Crippen LogP contribution in [-0.4, -0.2) is 19.5 Å². The normalized spacial score (nSPS) is 13.1. The van der Waals surface area contributed by atoms with Gasteiger partial charge in [0.1, 0.15) is 13.2 Å². The van der Waals surface area contributed by atoms with E-state index >= 15 is 0 Å². The molecule has 3 rings (SSSR count). The molecule has 0 aromatic heterocycles. The summed E-state index contributed by atoms with van der Waals surface area (Å²) in [5.74, 6) is 1.44. The average molecular weight is 288 g/mol. The molecule has 0 amide bonds. The standard InChI is InChI=1S/C15H16N2O2S/c1-20-11-4-2-3-10(7-11)17-13-9-15-14(8-12(13)16)18-5-6-19-15/h2-4,7-9,17H,5-6,16H2,1H3. The van der Waals surface area contributed by atoms with Crippen molar-refractivity contribution in [2.24, 2.45) is 0 Å². The minimum atomic E-state index is 0.564. The summed E-state index contributed by atoms with van der Waals surface area (Å²) in [6.07, 6.45) is 2.05. The van der Waals surface area contributed by atoms with E-state index in [-0.39, 0.29) is 0 Å². The summed E-state index contributed by atoms with van der Waals surface area (Å²) in [4.78, 5) is 1.20. The smallest absolute Gasteiger partial charge is 0.163 e. The molecule has 1 aliphatic heterocycles. The molecule has 0 saturated carbocycles. The van der Waals surface area contributed by atoms with Crippen molar-refractivity contribution in [1.29, 1.82) is 0 Å². The molecular formula is C15H16N2O2S. The van der Waals surface area contributed by atoms with Crippen molar-refractivity contribution in [3.05, 3.63) is 36.4 Å². The topological polar surface area (TPSA) is 56.5 Å². The number of hydrogen-bond acceptors (Lipinski definition) is 5. The zero-order valence-corrected chi connectivity index (χ0v) is 12.0. The third-order valence-electron chi connectivity index (χ3n) is 3.06. The molecule has 0 atom stereocenters. The fraction of sp³-hybridized carbons (Fsp3) is 0.200. The summed E-state index contributed by atoms with van der Waals surface area (Å²) in [6.45, 7) is 1.13. The lowest BCUT2D eigenvalue weighted by molar-refractivity contribution is 0.172. The highest BCUT2D eigenvalue weighted by Gasteiger charge is 2.14. The van der Waals surface area contributed by atoms with Crippen molar-refractivity contribution in [3.63, 3.8) is 0 Å². The molecule has 0 bridgehead atoms. The second-order valence-electron chi connectivity index (χ2n) is 4.44. The molecule has 0 aliphatic carbocycles. The van der Waals surface area contributed by atoms with Crippen LogP contribution in [0.5, 0.6) is 11.5 Å². The van der Waals surface area contributed by atoms with Crippen LogP contribution >= 0.6 is 11.8 Å². The van der Waals surface area contributed by atoms with Crippen molar-refractivity contribution >= 4 is 28.8 Å². The number of ether oxygens (including phenoxy) is 2. The molecule has 104 valence electrons. The van der Waals surface area contributed by atoms with Crippen molar-refractivity contribution in [3.8, 4) is 11.5 Å². The van der Waals surface area contributed by atoms with E-state index in [1.807, 2.05) is 18.2 Å². The molecule has 2 aromatic carbocycles. The predicted octanol–water partition coefficient (Wildman–Crippen LogP) is 3.51. The van der Waals surface area contributed by atoms with Gasteiger partial charge in [-0.25, -0.2) is 0 Å². The Kier molecular flexibility index (Phi) is 3.60. The van der Waals surface area contributed by atoms with Crippen LogP contribution in [0.4, 0.5) is 17.1 Å². The van der Waals surface area contributed by atoms with Gasteiger partial charge in [0.25, 0.3) is 0 Å². The van der Waals surface area contributed by atoms with Gasteiger partial charge in [0.05, 0.1) is 11.4 Å². The van der Waals surface area contributed by atoms with E-state index in [4.69, 9.17) is 15.2 Å². The summed E-state index contributed by atoms with van der Waals surface area (Å²) in [6, 6.07) is 11.9. The van der Waals surface area contributed by atoms with Crippen LogP contribution in [0.25, 0.3) is 0 Å². The number of hydrogen-bond donors (Lipinski definition) is 2. The maximum absolute atomic E-state index is 6.06. The Hall–Kier alpha value is -2.01. The van der Waals surface area contributed by atoms with Gasteiger partial charge in [-0.2, -0.15) is 0 Å². The Bertz CT molecular complexity index is 631. The first-order valence-electron chi connectivity index (χ1n) is 6.36. The van der Waals surface area contributed by atoms with Crippen LogP contribution in [0, 0.1) is 0 Å². The van der Waals surface area contributed by atoms with E-state index in [2.05, 4.69) is 23.7 Å². The van der Waals surface area contributed by atoms with Gasteiger partial charge in [0.15, 0.2) is 11.5 Å². The third kappa shape index (κ3) is 2.63. The number of benzene rings is 2. The van der Waals surface area contributed by atoms with Crippen LogP contribution in [-0.2, 0) is 0 Å². The summed E-state index contributed by atoms with van der Waals surface area (Å²) in [7, 11) is 0. The molecule has 3 N–H and O–H groups in total. The fourth-order valence-corrected chi connectivity index (χ4v) is 2.53. The molecule has 1 heterocycles. The molecule has 0 radical (unpaired) electrons. The number of anilines is 3. The largest absolute Gasteiger partial charge is 0.486 e. The highest BCUT2D eigenvalue weighted by molar-refractivity contribution is 7.98. The van der Waals surface area contributed by atoms with Crippen LogP contribution in [0.1, 0.15) is 0 Å². The van der Waals surface area contributed by atoms with Crippen LogP contribution in [0.2, 0.25) is 0 Å². The first kappa shape index (κ1) is 13.0. The number of nitrogen functional groups attached to an aromatic ring is 1. The molecule has 4 nitrogen and oxygen atoms in total. The third-order valence-corrected chi connectivity index (χ3v) is 3.79. The maximum Gasteiger partial charge on any atom is 0.163 e. The summed E-state index contributed by atoms with van der Waals surface area (Å²) < 4.78 is 11.1. The molecule has 0 fully saturated rings. The summed E-state index contributed by atoms with van der Waals surface area (Å²) >= 11 is 1.70. The summed E-state index contributed by atoms with van der Waals surface area (Å²) in [5.41, 5.74) is 8.53. The van der Waals surface area contributed by atoms with Crippen molar-refractivity contribution in [2.45, 2.75) is 4.90 Å². The highest BCUT2D eigenvalue weighted by atomic mass is 32.2. The molecule has 1 aliphatic rings. The molecule has 2 aromatic rings. The zero-order valence-electron chi connectivity index (χ0n) is 11.2. The zero-order chi connectivity index (χ0) is 13.9. The van der Waals surface area contributed by atoms with Gasteiger partial charge in [-0.3, -0.25) is 0 Å². The quantitative estimate of drug-likeness (QED) is 0.668. The fourth-order valence-electron chi connectivity index (χ4n) is 2.07. The Labute approximate surface area is 122 Å². The SMILES string of the molecule is CSc1cccc(Nc2cc3c(cc2N)OCCO3)c1. The van der Waals surface area contributed by atoms with Crippen molar-refractivity contribution in [1.82, 2.24) is 0 Å². The second-order valence-corrected chi connectivity index (χ2v) is 5.32. The van der Waals surface area contributed by atoms with Gasteiger partial charge in [-0.05, 0) is 24.5 Å². The van der Waals surface area contributed by atoms with Gasteiger partial charge in [-0.1, -0.05) is 6.07 Å². The molecule has 20 heavy (non-hydrogen) atoms. The van der Waals surface area contributed by atoms with E-state index in [0.29, 0.717) is 24.7 Å². The first-order chi connectivity index (χ1) is 9.76.